The largest absolute Gasteiger partial charge is 0.292 e. The molecule has 220 valence electrons. The standard InChI is InChI=1S/C44H29N3/c1-4-14-30(15-5-1)35-20-12-22-37-41(35)38-23-13-21-36(43(38)46-42(37)32-16-6-2-7-17-32)31-26-28-33(29-27-31)44-45-39-24-10-11-25-40(39)47(44)34-18-8-3-9-19-34/h1-29H. The molecule has 2 heterocycles. The van der Waals surface area contributed by atoms with Gasteiger partial charge in [0.15, 0.2) is 0 Å². The minimum absolute atomic E-state index is 0.921. The molecule has 0 radical (unpaired) electrons. The van der Waals surface area contributed by atoms with Gasteiger partial charge in [-0.3, -0.25) is 4.57 Å². The van der Waals surface area contributed by atoms with Crippen molar-refractivity contribution < 1.29 is 0 Å². The molecule has 0 saturated carbocycles. The van der Waals surface area contributed by atoms with Crippen LogP contribution in [0.15, 0.2) is 176 Å². The van der Waals surface area contributed by atoms with Crippen LogP contribution in [0, 0.1) is 0 Å². The molecule has 0 fully saturated rings. The van der Waals surface area contributed by atoms with Crippen LogP contribution in [0.3, 0.4) is 0 Å². The van der Waals surface area contributed by atoms with Gasteiger partial charge in [-0.1, -0.05) is 152 Å². The lowest BCUT2D eigenvalue weighted by molar-refractivity contribution is 1.10. The van der Waals surface area contributed by atoms with Crippen molar-refractivity contribution in [2.24, 2.45) is 0 Å². The molecule has 0 unspecified atom stereocenters. The Morgan fingerprint density at radius 3 is 1.70 bits per heavy atom. The summed E-state index contributed by atoms with van der Waals surface area (Å²) in [5, 5.41) is 3.52. The minimum Gasteiger partial charge on any atom is -0.292 e. The topological polar surface area (TPSA) is 30.7 Å². The fraction of sp³-hybridized carbons (Fsp3) is 0. The molecule has 47 heavy (non-hydrogen) atoms. The van der Waals surface area contributed by atoms with Crippen LogP contribution < -0.4 is 0 Å². The summed E-state index contributed by atoms with van der Waals surface area (Å²) in [4.78, 5) is 10.5. The molecule has 0 bridgehead atoms. The lowest BCUT2D eigenvalue weighted by Crippen LogP contribution is -1.97. The van der Waals surface area contributed by atoms with Crippen LogP contribution in [0.2, 0.25) is 0 Å². The number of aromatic nitrogens is 3. The Morgan fingerprint density at radius 1 is 0.383 bits per heavy atom. The molecule has 0 spiro atoms. The number of hydrogen-bond acceptors (Lipinski definition) is 2. The van der Waals surface area contributed by atoms with Gasteiger partial charge < -0.3 is 0 Å². The third-order valence-electron chi connectivity index (χ3n) is 9.01. The molecule has 3 nitrogen and oxygen atoms in total. The van der Waals surface area contributed by atoms with E-state index in [1.165, 1.54) is 16.5 Å². The summed E-state index contributed by atoms with van der Waals surface area (Å²) in [5.74, 6) is 0.921. The van der Waals surface area contributed by atoms with Gasteiger partial charge in [0, 0.05) is 38.5 Å². The summed E-state index contributed by atoms with van der Waals surface area (Å²) in [6, 6.07) is 61.9. The Balaban J connectivity index is 1.25. The summed E-state index contributed by atoms with van der Waals surface area (Å²) in [5.41, 5.74) is 11.9. The average molecular weight is 600 g/mol. The van der Waals surface area contributed by atoms with Crippen LogP contribution in [0.4, 0.5) is 0 Å². The predicted molar refractivity (Wildman–Crippen MR) is 196 cm³/mol. The summed E-state index contributed by atoms with van der Waals surface area (Å²) in [6.45, 7) is 0. The second-order valence-corrected chi connectivity index (χ2v) is 11.8. The smallest absolute Gasteiger partial charge is 0.145 e. The fourth-order valence-electron chi connectivity index (χ4n) is 6.84. The van der Waals surface area contributed by atoms with Gasteiger partial charge in [0.2, 0.25) is 0 Å². The molecule has 9 rings (SSSR count). The summed E-state index contributed by atoms with van der Waals surface area (Å²) < 4.78 is 2.24. The van der Waals surface area contributed by atoms with E-state index < -0.39 is 0 Å². The number of nitrogens with zero attached hydrogens (tertiary/aromatic N) is 3. The maximum Gasteiger partial charge on any atom is 0.145 e. The first kappa shape index (κ1) is 27.0. The van der Waals surface area contributed by atoms with Gasteiger partial charge in [-0.15, -0.1) is 0 Å². The van der Waals surface area contributed by atoms with Crippen molar-refractivity contribution in [3.05, 3.63) is 176 Å². The van der Waals surface area contributed by atoms with Crippen molar-refractivity contribution in [3.8, 4) is 50.6 Å². The highest BCUT2D eigenvalue weighted by atomic mass is 15.1. The Kier molecular flexibility index (Phi) is 6.46. The van der Waals surface area contributed by atoms with E-state index in [1.807, 2.05) is 12.1 Å². The first-order valence-electron chi connectivity index (χ1n) is 15.9. The summed E-state index contributed by atoms with van der Waals surface area (Å²) >= 11 is 0. The van der Waals surface area contributed by atoms with Crippen molar-refractivity contribution in [2.45, 2.75) is 0 Å². The molecular weight excluding hydrogens is 571 g/mol. The molecule has 2 aromatic heterocycles. The van der Waals surface area contributed by atoms with Crippen molar-refractivity contribution in [1.29, 1.82) is 0 Å². The van der Waals surface area contributed by atoms with Crippen molar-refractivity contribution in [1.82, 2.24) is 14.5 Å². The highest BCUT2D eigenvalue weighted by Gasteiger charge is 2.18. The van der Waals surface area contributed by atoms with Gasteiger partial charge in [0.05, 0.1) is 22.2 Å². The fourth-order valence-corrected chi connectivity index (χ4v) is 6.84. The van der Waals surface area contributed by atoms with E-state index in [-0.39, 0.29) is 0 Å². The predicted octanol–water partition coefficient (Wildman–Crippen LogP) is 11.4. The monoisotopic (exact) mass is 599 g/mol. The molecule has 0 aliphatic heterocycles. The zero-order valence-electron chi connectivity index (χ0n) is 25.6. The molecule has 9 aromatic rings. The van der Waals surface area contributed by atoms with Crippen molar-refractivity contribution in [3.63, 3.8) is 0 Å². The zero-order valence-corrected chi connectivity index (χ0v) is 25.6. The molecule has 0 aliphatic rings. The molecule has 0 aliphatic carbocycles. The summed E-state index contributed by atoms with van der Waals surface area (Å²) in [6.07, 6.45) is 0. The van der Waals surface area contributed by atoms with E-state index in [4.69, 9.17) is 9.97 Å². The molecule has 0 saturated heterocycles. The van der Waals surface area contributed by atoms with Crippen LogP contribution in [-0.2, 0) is 0 Å². The van der Waals surface area contributed by atoms with Gasteiger partial charge in [0.25, 0.3) is 0 Å². The van der Waals surface area contributed by atoms with Crippen LogP contribution in [0.1, 0.15) is 0 Å². The average Bonchev–Trinajstić information content (AvgIpc) is 3.55. The minimum atomic E-state index is 0.921. The SMILES string of the molecule is c1ccc(-c2nc3c(-c4ccc(-c5nc6ccccc6n5-c5ccccc5)cc4)cccc3c3c(-c4ccccc4)cccc23)cc1. The number of pyridine rings is 1. The maximum absolute atomic E-state index is 5.43. The van der Waals surface area contributed by atoms with Gasteiger partial charge in [-0.2, -0.15) is 0 Å². The highest BCUT2D eigenvalue weighted by molar-refractivity contribution is 6.19. The van der Waals surface area contributed by atoms with Gasteiger partial charge >= 0.3 is 0 Å². The Morgan fingerprint density at radius 2 is 0.957 bits per heavy atom. The Bertz CT molecular complexity index is 2530. The van der Waals surface area contributed by atoms with Gasteiger partial charge in [-0.05, 0) is 41.0 Å². The highest BCUT2D eigenvalue weighted by Crippen LogP contribution is 2.41. The third kappa shape index (κ3) is 4.60. The maximum atomic E-state index is 5.43. The summed E-state index contributed by atoms with van der Waals surface area (Å²) in [7, 11) is 0. The zero-order chi connectivity index (χ0) is 31.2. The van der Waals surface area contributed by atoms with E-state index >= 15 is 0 Å². The second-order valence-electron chi connectivity index (χ2n) is 11.8. The van der Waals surface area contributed by atoms with Gasteiger partial charge in [-0.25, -0.2) is 9.97 Å². The van der Waals surface area contributed by atoms with E-state index in [2.05, 4.69) is 168 Å². The number of para-hydroxylation sites is 4. The first-order valence-corrected chi connectivity index (χ1v) is 15.9. The molecule has 0 amide bonds. The van der Waals surface area contributed by atoms with Crippen LogP contribution in [-0.4, -0.2) is 14.5 Å². The van der Waals surface area contributed by atoms with Crippen LogP contribution in [0.25, 0.3) is 83.3 Å². The normalized spacial score (nSPS) is 11.4. The first-order chi connectivity index (χ1) is 23.3. The number of hydrogen-bond donors (Lipinski definition) is 0. The number of benzene rings is 7. The molecule has 0 atom stereocenters. The molecular formula is C44H29N3. The van der Waals surface area contributed by atoms with E-state index in [1.54, 1.807) is 0 Å². The molecule has 3 heteroatoms. The number of imidazole rings is 1. The third-order valence-corrected chi connectivity index (χ3v) is 9.01. The number of rotatable bonds is 5. The Labute approximate surface area is 273 Å². The number of fused-ring (bicyclic) bond motifs is 4. The van der Waals surface area contributed by atoms with E-state index in [0.29, 0.717) is 0 Å². The quantitative estimate of drug-likeness (QED) is 0.184. The van der Waals surface area contributed by atoms with E-state index in [0.717, 1.165) is 66.8 Å². The van der Waals surface area contributed by atoms with E-state index in [9.17, 15) is 0 Å². The molecule has 7 aromatic carbocycles. The Hall–Kier alpha value is -6.32. The second kappa shape index (κ2) is 11.2. The van der Waals surface area contributed by atoms with Gasteiger partial charge in [0.1, 0.15) is 5.82 Å². The lowest BCUT2D eigenvalue weighted by Gasteiger charge is -2.16. The van der Waals surface area contributed by atoms with Crippen molar-refractivity contribution in [2.75, 3.05) is 0 Å². The van der Waals surface area contributed by atoms with Crippen LogP contribution in [0.5, 0.6) is 0 Å². The van der Waals surface area contributed by atoms with Crippen LogP contribution >= 0.6 is 0 Å². The molecule has 0 N–H and O–H groups in total. The lowest BCUT2D eigenvalue weighted by atomic mass is 9.91. The van der Waals surface area contributed by atoms with Crippen molar-refractivity contribution >= 4 is 32.7 Å².